The van der Waals surface area contributed by atoms with Gasteiger partial charge in [0.25, 0.3) is 0 Å². The average molecular weight is 326 g/mol. The Morgan fingerprint density at radius 2 is 2.04 bits per heavy atom. The summed E-state index contributed by atoms with van der Waals surface area (Å²) in [5.41, 5.74) is 6.71. The normalized spacial score (nSPS) is 22.2. The molecule has 1 fully saturated rings. The molecule has 1 unspecified atom stereocenters. The number of rotatable bonds is 5. The highest BCUT2D eigenvalue weighted by atomic mass is 19.3. The van der Waals surface area contributed by atoms with E-state index in [-0.39, 0.29) is 11.8 Å². The van der Waals surface area contributed by atoms with Crippen LogP contribution in [0.25, 0.3) is 0 Å². The van der Waals surface area contributed by atoms with E-state index >= 15 is 0 Å². The standard InChI is InChI=1S/C15H20F2N4O2/c16-15(17)23-14-3-1-12(2-4-14)19-5-6-20(11-19)21-7-8-22-10-13(21)9-18/h1-6,13,15H,7-11,18H2. The highest BCUT2D eigenvalue weighted by Gasteiger charge is 2.28. The molecule has 0 amide bonds. The van der Waals surface area contributed by atoms with E-state index in [0.29, 0.717) is 26.4 Å². The zero-order valence-corrected chi connectivity index (χ0v) is 12.6. The van der Waals surface area contributed by atoms with Crippen LogP contribution in [0.2, 0.25) is 0 Å². The highest BCUT2D eigenvalue weighted by Crippen LogP contribution is 2.25. The first kappa shape index (κ1) is 16.0. The highest BCUT2D eigenvalue weighted by molar-refractivity contribution is 5.52. The lowest BCUT2D eigenvalue weighted by Crippen LogP contribution is -2.56. The third kappa shape index (κ3) is 3.72. The van der Waals surface area contributed by atoms with Crippen molar-refractivity contribution in [2.75, 3.05) is 37.9 Å². The maximum absolute atomic E-state index is 12.2. The Balaban J connectivity index is 1.62. The monoisotopic (exact) mass is 326 g/mol. The number of hydrogen-bond donors (Lipinski definition) is 1. The fourth-order valence-corrected chi connectivity index (χ4v) is 2.74. The summed E-state index contributed by atoms with van der Waals surface area (Å²) in [7, 11) is 0. The van der Waals surface area contributed by atoms with Crippen molar-refractivity contribution in [2.45, 2.75) is 12.7 Å². The van der Waals surface area contributed by atoms with E-state index in [9.17, 15) is 8.78 Å². The third-order valence-electron chi connectivity index (χ3n) is 3.91. The minimum Gasteiger partial charge on any atom is -0.435 e. The largest absolute Gasteiger partial charge is 0.435 e. The van der Waals surface area contributed by atoms with Gasteiger partial charge in [-0.2, -0.15) is 8.78 Å². The van der Waals surface area contributed by atoms with E-state index in [1.807, 2.05) is 17.3 Å². The van der Waals surface area contributed by atoms with Crippen LogP contribution in [0.4, 0.5) is 14.5 Å². The van der Waals surface area contributed by atoms with Crippen LogP contribution in [-0.2, 0) is 4.74 Å². The van der Waals surface area contributed by atoms with Crippen LogP contribution >= 0.6 is 0 Å². The lowest BCUT2D eigenvalue weighted by molar-refractivity contribution is -0.0972. The molecule has 2 aliphatic heterocycles. The second-order valence-electron chi connectivity index (χ2n) is 5.35. The predicted octanol–water partition coefficient (Wildman–Crippen LogP) is 1.41. The van der Waals surface area contributed by atoms with Gasteiger partial charge >= 0.3 is 6.61 Å². The predicted molar refractivity (Wildman–Crippen MR) is 81.8 cm³/mol. The van der Waals surface area contributed by atoms with Crippen LogP contribution in [0.5, 0.6) is 5.75 Å². The molecule has 0 saturated carbocycles. The average Bonchev–Trinajstić information content (AvgIpc) is 3.05. The van der Waals surface area contributed by atoms with E-state index in [1.165, 1.54) is 12.1 Å². The first-order valence-electron chi connectivity index (χ1n) is 7.48. The maximum atomic E-state index is 12.2. The van der Waals surface area contributed by atoms with Crippen LogP contribution < -0.4 is 15.4 Å². The van der Waals surface area contributed by atoms with Crippen molar-refractivity contribution in [1.29, 1.82) is 0 Å². The topological polar surface area (TPSA) is 54.2 Å². The Morgan fingerprint density at radius 1 is 1.26 bits per heavy atom. The zero-order chi connectivity index (χ0) is 16.2. The number of ether oxygens (including phenoxy) is 2. The summed E-state index contributed by atoms with van der Waals surface area (Å²) in [6.45, 7) is 0.468. The number of hydrogen-bond acceptors (Lipinski definition) is 6. The van der Waals surface area contributed by atoms with Crippen molar-refractivity contribution in [3.05, 3.63) is 36.7 Å². The van der Waals surface area contributed by atoms with Crippen molar-refractivity contribution in [3.8, 4) is 5.75 Å². The van der Waals surface area contributed by atoms with Gasteiger partial charge in [-0.05, 0) is 24.3 Å². The Hall–Kier alpha value is -1.90. The van der Waals surface area contributed by atoms with Crippen molar-refractivity contribution >= 4 is 5.69 Å². The van der Waals surface area contributed by atoms with E-state index in [2.05, 4.69) is 14.8 Å². The van der Waals surface area contributed by atoms with Gasteiger partial charge in [0, 0.05) is 31.2 Å². The summed E-state index contributed by atoms with van der Waals surface area (Å²) in [6.07, 6.45) is 3.93. The lowest BCUT2D eigenvalue weighted by atomic mass is 10.2. The molecule has 1 saturated heterocycles. The third-order valence-corrected chi connectivity index (χ3v) is 3.91. The number of nitrogens with two attached hydrogens (primary N) is 1. The second-order valence-corrected chi connectivity index (χ2v) is 5.35. The molecule has 0 radical (unpaired) electrons. The molecule has 1 aromatic rings. The first-order valence-corrected chi connectivity index (χ1v) is 7.48. The molecule has 0 bridgehead atoms. The summed E-state index contributed by atoms with van der Waals surface area (Å²) in [4.78, 5) is 2.02. The number of halogens is 2. The summed E-state index contributed by atoms with van der Waals surface area (Å²) in [5.74, 6) is 0.153. The van der Waals surface area contributed by atoms with Crippen LogP contribution in [0, 0.1) is 0 Å². The number of nitrogens with zero attached hydrogens (tertiary/aromatic N) is 3. The molecule has 2 aliphatic rings. The van der Waals surface area contributed by atoms with E-state index in [0.717, 1.165) is 12.2 Å². The fraction of sp³-hybridized carbons (Fsp3) is 0.467. The van der Waals surface area contributed by atoms with Gasteiger partial charge in [-0.25, -0.2) is 5.01 Å². The summed E-state index contributed by atoms with van der Waals surface area (Å²) < 4.78 is 34.2. The van der Waals surface area contributed by atoms with Gasteiger partial charge in [-0.1, -0.05) is 0 Å². The van der Waals surface area contributed by atoms with Gasteiger partial charge in [0.15, 0.2) is 0 Å². The Morgan fingerprint density at radius 3 is 2.74 bits per heavy atom. The fourth-order valence-electron chi connectivity index (χ4n) is 2.74. The molecule has 1 atom stereocenters. The number of morpholine rings is 1. The number of hydrazine groups is 1. The van der Waals surface area contributed by atoms with Gasteiger partial charge in [0.05, 0.1) is 19.3 Å². The Bertz CT molecular complexity index is 541. The van der Waals surface area contributed by atoms with Crippen LogP contribution in [0.3, 0.4) is 0 Å². The summed E-state index contributed by atoms with van der Waals surface area (Å²) >= 11 is 0. The molecule has 0 aliphatic carbocycles. The van der Waals surface area contributed by atoms with Gasteiger partial charge in [0.2, 0.25) is 0 Å². The van der Waals surface area contributed by atoms with Crippen LogP contribution in [0.1, 0.15) is 0 Å². The molecular weight excluding hydrogens is 306 g/mol. The SMILES string of the molecule is NCC1COCCN1N1C=CN(c2ccc(OC(F)F)cc2)C1. The Labute approximate surface area is 133 Å². The van der Waals surface area contributed by atoms with E-state index in [1.54, 1.807) is 12.1 Å². The van der Waals surface area contributed by atoms with Gasteiger partial charge in [-0.15, -0.1) is 0 Å². The van der Waals surface area contributed by atoms with Crippen molar-refractivity contribution in [2.24, 2.45) is 5.73 Å². The summed E-state index contributed by atoms with van der Waals surface area (Å²) in [6, 6.07) is 6.75. The van der Waals surface area contributed by atoms with Crippen molar-refractivity contribution in [3.63, 3.8) is 0 Å². The molecule has 23 heavy (non-hydrogen) atoms. The molecule has 6 nitrogen and oxygen atoms in total. The Kier molecular flexibility index (Phi) is 4.94. The maximum Gasteiger partial charge on any atom is 0.387 e. The van der Waals surface area contributed by atoms with E-state index < -0.39 is 6.61 Å². The number of anilines is 1. The smallest absolute Gasteiger partial charge is 0.387 e. The van der Waals surface area contributed by atoms with Crippen molar-refractivity contribution in [1.82, 2.24) is 10.0 Å². The lowest BCUT2D eigenvalue weighted by Gasteiger charge is -2.41. The number of benzene rings is 1. The second kappa shape index (κ2) is 7.12. The molecule has 2 heterocycles. The van der Waals surface area contributed by atoms with Gasteiger partial charge in [-0.3, -0.25) is 5.01 Å². The van der Waals surface area contributed by atoms with E-state index in [4.69, 9.17) is 10.5 Å². The van der Waals surface area contributed by atoms with Crippen LogP contribution in [0.15, 0.2) is 36.7 Å². The molecule has 1 aromatic carbocycles. The quantitative estimate of drug-likeness (QED) is 0.883. The molecular formula is C15H20F2N4O2. The summed E-state index contributed by atoms with van der Waals surface area (Å²) in [5, 5.41) is 4.30. The molecule has 8 heteroatoms. The number of alkyl halides is 2. The first-order chi connectivity index (χ1) is 11.2. The minimum absolute atomic E-state index is 0.153. The van der Waals surface area contributed by atoms with Crippen LogP contribution in [-0.4, -0.2) is 55.6 Å². The molecule has 0 spiro atoms. The molecule has 0 aromatic heterocycles. The molecule has 2 N–H and O–H groups in total. The van der Waals surface area contributed by atoms with Crippen molar-refractivity contribution < 1.29 is 18.3 Å². The van der Waals surface area contributed by atoms with Gasteiger partial charge < -0.3 is 20.1 Å². The minimum atomic E-state index is -2.81. The molecule has 126 valence electrons. The zero-order valence-electron chi connectivity index (χ0n) is 12.6. The van der Waals surface area contributed by atoms with Gasteiger partial charge in [0.1, 0.15) is 12.4 Å². The molecule has 3 rings (SSSR count).